The standard InChI is InChI=1S/2C18H20N2O2.C17H18N2O2.C15H22N2O2.2C14H20N2O2/c2*21-12-15(10-13-4-2-1-3-5-13)20-11-14-6-7-16-17(22)8-9-19-18(14)16;20-11-15(12-4-2-1-3-5-12)19-10-13-6-7-14-16(21)8-9-18-17(13)14;1-10(2)7-12(9-18)17-8-11-3-4-13-14(19)5-6-16-15(11)13;2*1-9(2)12(8-17)16-7-10-3-4-11-13(18)5-6-15-14(10)11/h2*1-6,9,15,20-21H,7-8,10-12H2;1-6,9,15,19-20H,7-8,10-11H2;3,6,10,12,17-18H,4-5,7-9H2,1-2H3;2*3,6,9,12,16-17H,4-5,7-8H2,1-2H3/t3*15-;3*12-/m101110/s1. The van der Waals surface area contributed by atoms with E-state index in [-0.39, 0.29) is 111 Å². The zero-order valence-corrected chi connectivity index (χ0v) is 70.2. The Morgan fingerprint density at radius 2 is 0.542 bits per heavy atom. The van der Waals surface area contributed by atoms with Crippen LogP contribution in [0.3, 0.4) is 0 Å². The summed E-state index contributed by atoms with van der Waals surface area (Å²) >= 11 is 0. The van der Waals surface area contributed by atoms with Gasteiger partial charge in [0, 0.05) is 179 Å². The first-order valence-electron chi connectivity index (χ1n) is 42.3. The van der Waals surface area contributed by atoms with Gasteiger partial charge in [-0.05, 0) is 126 Å². The molecule has 0 saturated heterocycles. The summed E-state index contributed by atoms with van der Waals surface area (Å²) < 4.78 is 0. The second-order valence-electron chi connectivity index (χ2n) is 32.3. The molecule has 0 unspecified atom stereocenters. The van der Waals surface area contributed by atoms with E-state index >= 15 is 0 Å². The SMILES string of the molecule is CC(C)C[C@H](CO)NCC1=CCC2=C1N=CCC2=O.CC(C)[C@@H](CO)NCC1=CCC2=C1N=CCC2=O.CC(C)[C@H](CO)NCC1=CCC2=C1N=CCC2=O.O=C1CC=NC2=C1CC=C2CN[C@@H](CO)Cc1ccccc1.O=C1CC=NC2=C1CC=C2CN[C@H](CO)Cc1ccccc1.O=C1CC=NC2=C1CC=C2CN[C@H](CO)c1ccccc1. The number of aliphatic hydroxyl groups excluding tert-OH is 6. The molecule has 15 rings (SSSR count). The highest BCUT2D eigenvalue weighted by atomic mass is 16.3. The minimum atomic E-state index is -0.111. The molecule has 3 aromatic carbocycles. The predicted molar refractivity (Wildman–Crippen MR) is 475 cm³/mol. The number of carbonyl (C=O) groups excluding carboxylic acids is 6. The van der Waals surface area contributed by atoms with Gasteiger partial charge in [0.05, 0.1) is 79.9 Å². The molecule has 6 aliphatic heterocycles. The zero-order valence-electron chi connectivity index (χ0n) is 70.2. The molecule has 12 aliphatic rings. The van der Waals surface area contributed by atoms with E-state index in [9.17, 15) is 59.4 Å². The first-order valence-corrected chi connectivity index (χ1v) is 42.3. The van der Waals surface area contributed by atoms with Gasteiger partial charge in [-0.3, -0.25) is 58.7 Å². The number of aliphatic hydroxyl groups is 6. The first-order chi connectivity index (χ1) is 58.2. The second-order valence-corrected chi connectivity index (χ2v) is 32.3. The largest absolute Gasteiger partial charge is 0.395 e. The Bertz CT molecular complexity index is 4550. The Hall–Kier alpha value is -9.90. The monoisotopic (exact) mass is 1630 g/mol. The molecule has 0 radical (unpaired) electrons. The van der Waals surface area contributed by atoms with Gasteiger partial charge in [-0.15, -0.1) is 0 Å². The van der Waals surface area contributed by atoms with Crippen molar-refractivity contribution in [1.29, 1.82) is 0 Å². The van der Waals surface area contributed by atoms with E-state index in [1.807, 2.05) is 66.7 Å². The van der Waals surface area contributed by atoms with Crippen LogP contribution in [-0.2, 0) is 41.6 Å². The molecular weight excluding hydrogens is 1510 g/mol. The van der Waals surface area contributed by atoms with E-state index in [4.69, 9.17) is 0 Å². The van der Waals surface area contributed by atoms with E-state index < -0.39 is 0 Å². The molecule has 6 aliphatic carbocycles. The summed E-state index contributed by atoms with van der Waals surface area (Å²) in [4.78, 5) is 96.6. The molecule has 6 atom stereocenters. The highest BCUT2D eigenvalue weighted by Crippen LogP contribution is 2.36. The highest BCUT2D eigenvalue weighted by Gasteiger charge is 2.32. The maximum Gasteiger partial charge on any atom is 0.166 e. The molecule has 0 saturated carbocycles. The third kappa shape index (κ3) is 26.1. The number of aliphatic imine (C=N–C) groups is 6. The summed E-state index contributed by atoms with van der Waals surface area (Å²) in [6.07, 6.45) is 31.7. The summed E-state index contributed by atoms with van der Waals surface area (Å²) in [7, 11) is 0. The van der Waals surface area contributed by atoms with Crippen LogP contribution in [0.5, 0.6) is 0 Å². The lowest BCUT2D eigenvalue weighted by Crippen LogP contribution is -2.38. The van der Waals surface area contributed by atoms with Crippen LogP contribution in [0.15, 0.2) is 258 Å². The minimum absolute atomic E-state index is 0.00350. The predicted octanol–water partition coefficient (Wildman–Crippen LogP) is 9.60. The quantitative estimate of drug-likeness (QED) is 0.0270. The fraction of sp³-hybridized carbons (Fsp3) is 0.438. The van der Waals surface area contributed by atoms with Crippen LogP contribution >= 0.6 is 0 Å². The van der Waals surface area contributed by atoms with Crippen molar-refractivity contribution in [2.45, 2.75) is 174 Å². The summed E-state index contributed by atoms with van der Waals surface area (Å²) in [6.45, 7) is 17.0. The van der Waals surface area contributed by atoms with Crippen molar-refractivity contribution in [3.63, 3.8) is 0 Å². The summed E-state index contributed by atoms with van der Waals surface area (Å²) in [6, 6.07) is 30.2. The topological polar surface area (TPSA) is 370 Å². The van der Waals surface area contributed by atoms with Gasteiger partial charge in [-0.25, -0.2) is 0 Å². The van der Waals surface area contributed by atoms with Crippen LogP contribution in [0, 0.1) is 17.8 Å². The maximum absolute atomic E-state index is 11.8. The number of rotatable bonds is 33. The van der Waals surface area contributed by atoms with Gasteiger partial charge in [0.1, 0.15) is 0 Å². The Morgan fingerprint density at radius 3 is 0.783 bits per heavy atom. The smallest absolute Gasteiger partial charge is 0.166 e. The molecule has 120 heavy (non-hydrogen) atoms. The van der Waals surface area contributed by atoms with E-state index in [1.54, 1.807) is 37.3 Å². The van der Waals surface area contributed by atoms with Crippen LogP contribution in [0.25, 0.3) is 0 Å². The number of allylic oxidation sites excluding steroid dienone is 12. The number of hydrogen-bond donors (Lipinski definition) is 12. The summed E-state index contributed by atoms with van der Waals surface area (Å²) in [5.41, 5.74) is 19.9. The number of Topliss-reactive ketones (excluding diaryl/α,β-unsaturated/α-hetero) is 6. The van der Waals surface area contributed by atoms with Gasteiger partial charge in [-0.1, -0.05) is 169 Å². The number of hydrogen-bond acceptors (Lipinski definition) is 24. The lowest BCUT2D eigenvalue weighted by atomic mass is 10.0. The van der Waals surface area contributed by atoms with E-state index in [0.717, 1.165) is 126 Å². The van der Waals surface area contributed by atoms with Crippen LogP contribution < -0.4 is 31.9 Å². The molecule has 0 aromatic heterocycles. The van der Waals surface area contributed by atoms with E-state index in [1.165, 1.54) is 11.1 Å². The third-order valence-corrected chi connectivity index (χ3v) is 22.7. The highest BCUT2D eigenvalue weighted by molar-refractivity contribution is 6.10. The van der Waals surface area contributed by atoms with Crippen molar-refractivity contribution in [2.75, 3.05) is 78.9 Å². The van der Waals surface area contributed by atoms with Crippen molar-refractivity contribution in [1.82, 2.24) is 31.9 Å². The normalized spacial score (nSPS) is 19.3. The van der Waals surface area contributed by atoms with Crippen LogP contribution in [0.2, 0.25) is 0 Å². The summed E-state index contributed by atoms with van der Waals surface area (Å²) in [5.74, 6) is 2.40. The molecule has 0 spiro atoms. The fourth-order valence-corrected chi connectivity index (χ4v) is 15.6. The average Bonchev–Trinajstić information content (AvgIpc) is 1.70. The van der Waals surface area contributed by atoms with Crippen molar-refractivity contribution < 1.29 is 59.4 Å². The Kier molecular flexibility index (Phi) is 36.4. The molecular formula is C96H120N12O12. The zero-order chi connectivity index (χ0) is 85.5. The Balaban J connectivity index is 0.000000152. The second kappa shape index (κ2) is 47.3. The fourth-order valence-electron chi connectivity index (χ4n) is 15.6. The van der Waals surface area contributed by atoms with E-state index in [0.29, 0.717) is 134 Å². The van der Waals surface area contributed by atoms with Gasteiger partial charge in [-0.2, -0.15) is 0 Å². The van der Waals surface area contributed by atoms with Crippen molar-refractivity contribution in [2.24, 2.45) is 47.7 Å². The Labute approximate surface area is 705 Å². The third-order valence-electron chi connectivity index (χ3n) is 22.7. The molecule has 6 heterocycles. The van der Waals surface area contributed by atoms with Crippen molar-refractivity contribution in [3.8, 4) is 0 Å². The van der Waals surface area contributed by atoms with Gasteiger partial charge in [0.2, 0.25) is 0 Å². The number of nitrogens with zero attached hydrogens (tertiary/aromatic N) is 6. The van der Waals surface area contributed by atoms with Gasteiger partial charge < -0.3 is 62.5 Å². The number of ketones is 6. The summed E-state index contributed by atoms with van der Waals surface area (Å²) in [5, 5.41) is 76.6. The van der Waals surface area contributed by atoms with Gasteiger partial charge >= 0.3 is 0 Å². The van der Waals surface area contributed by atoms with Crippen molar-refractivity contribution >= 4 is 72.0 Å². The molecule has 12 N–H and O–H groups in total. The maximum atomic E-state index is 11.8. The van der Waals surface area contributed by atoms with Crippen LogP contribution in [0.4, 0.5) is 0 Å². The molecule has 0 bridgehead atoms. The van der Waals surface area contributed by atoms with E-state index in [2.05, 4.69) is 164 Å². The lowest BCUT2D eigenvalue weighted by molar-refractivity contribution is -0.115. The molecule has 636 valence electrons. The average molecular weight is 1630 g/mol. The van der Waals surface area contributed by atoms with Crippen molar-refractivity contribution in [3.05, 3.63) is 245 Å². The molecule has 24 heteroatoms. The number of benzene rings is 3. The Morgan fingerprint density at radius 1 is 0.292 bits per heavy atom. The number of nitrogens with one attached hydrogen (secondary N) is 6. The van der Waals surface area contributed by atoms with Crippen LogP contribution in [0.1, 0.15) is 148 Å². The van der Waals surface area contributed by atoms with Crippen LogP contribution in [-0.4, -0.2) is 212 Å². The molecule has 24 nitrogen and oxygen atoms in total. The number of carbonyl (C=O) groups is 6. The van der Waals surface area contributed by atoms with Gasteiger partial charge in [0.25, 0.3) is 0 Å². The van der Waals surface area contributed by atoms with Gasteiger partial charge in [0.15, 0.2) is 34.7 Å². The first kappa shape index (κ1) is 92.4. The minimum Gasteiger partial charge on any atom is -0.395 e. The lowest BCUT2D eigenvalue weighted by Gasteiger charge is -2.20. The molecule has 3 aromatic rings. The molecule has 0 fully saturated rings. The molecule has 0 amide bonds.